The first kappa shape index (κ1) is 20.2. The molecule has 0 unspecified atom stereocenters. The molecular weight excluding hydrogens is 344 g/mol. The van der Waals surface area contributed by atoms with Gasteiger partial charge in [0.2, 0.25) is 11.8 Å². The van der Waals surface area contributed by atoms with Crippen molar-refractivity contribution in [3.8, 4) is 0 Å². The summed E-state index contributed by atoms with van der Waals surface area (Å²) in [7, 11) is 0. The van der Waals surface area contributed by atoms with Gasteiger partial charge in [0, 0.05) is 18.4 Å². The van der Waals surface area contributed by atoms with Gasteiger partial charge in [-0.15, -0.1) is 0 Å². The van der Waals surface area contributed by atoms with E-state index in [0.717, 1.165) is 38.5 Å². The molecule has 3 N–H and O–H groups in total. The smallest absolute Gasteiger partial charge is 0.329 e. The van der Waals surface area contributed by atoms with Crippen LogP contribution in [0.3, 0.4) is 0 Å². The lowest BCUT2D eigenvalue weighted by atomic mass is 9.84. The van der Waals surface area contributed by atoms with Crippen molar-refractivity contribution >= 4 is 17.8 Å². The second kappa shape index (κ2) is 9.07. The third kappa shape index (κ3) is 5.23. The maximum Gasteiger partial charge on any atom is 0.329 e. The first-order valence-electron chi connectivity index (χ1n) is 10.8. The molecule has 0 spiro atoms. The Balaban J connectivity index is 1.41. The molecule has 3 fully saturated rings. The molecule has 6 heteroatoms. The molecule has 0 aromatic rings. The van der Waals surface area contributed by atoms with Crippen LogP contribution in [0.1, 0.15) is 89.9 Å². The lowest BCUT2D eigenvalue weighted by molar-refractivity contribution is -0.148. The molecule has 0 atom stereocenters. The highest BCUT2D eigenvalue weighted by Crippen LogP contribution is 2.32. The fraction of sp³-hybridized carbons (Fsp3) is 0.857. The van der Waals surface area contributed by atoms with Gasteiger partial charge in [-0.3, -0.25) is 9.59 Å². The predicted molar refractivity (Wildman–Crippen MR) is 102 cm³/mol. The van der Waals surface area contributed by atoms with E-state index in [1.54, 1.807) is 0 Å². The summed E-state index contributed by atoms with van der Waals surface area (Å²) in [6.07, 6.45) is 12.6. The quantitative estimate of drug-likeness (QED) is 0.662. The summed E-state index contributed by atoms with van der Waals surface area (Å²) in [5.74, 6) is -0.457. The molecule has 3 aliphatic rings. The van der Waals surface area contributed by atoms with Crippen molar-refractivity contribution in [3.63, 3.8) is 0 Å². The number of carbonyl (C=O) groups is 3. The van der Waals surface area contributed by atoms with Gasteiger partial charge < -0.3 is 15.7 Å². The van der Waals surface area contributed by atoms with Crippen LogP contribution in [-0.4, -0.2) is 34.5 Å². The molecule has 3 rings (SSSR count). The number of rotatable bonds is 6. The minimum absolute atomic E-state index is 0.119. The maximum atomic E-state index is 12.6. The molecule has 152 valence electrons. The average Bonchev–Trinajstić information content (AvgIpc) is 3.13. The molecule has 0 bridgehead atoms. The van der Waals surface area contributed by atoms with Crippen molar-refractivity contribution in [2.75, 3.05) is 0 Å². The summed E-state index contributed by atoms with van der Waals surface area (Å²) in [4.78, 5) is 36.5. The number of nitrogens with one attached hydrogen (secondary N) is 2. The molecular formula is C21H34N2O4. The van der Waals surface area contributed by atoms with Crippen molar-refractivity contribution < 1.29 is 19.5 Å². The largest absolute Gasteiger partial charge is 0.480 e. The fourth-order valence-electron chi connectivity index (χ4n) is 5.15. The Labute approximate surface area is 161 Å². The van der Waals surface area contributed by atoms with Crippen molar-refractivity contribution in [3.05, 3.63) is 0 Å². The number of carboxylic acid groups (broad SMARTS) is 1. The molecule has 0 heterocycles. The van der Waals surface area contributed by atoms with Crippen LogP contribution in [-0.2, 0) is 14.4 Å². The van der Waals surface area contributed by atoms with E-state index >= 15 is 0 Å². The average molecular weight is 379 g/mol. The topological polar surface area (TPSA) is 95.5 Å². The van der Waals surface area contributed by atoms with E-state index in [1.807, 2.05) is 0 Å². The first-order valence-corrected chi connectivity index (χ1v) is 10.8. The molecule has 0 radical (unpaired) electrons. The standard InChI is InChI=1S/C21H34N2O4/c24-18(14-15-6-2-1-3-7-15)22-17-10-8-16(9-11-17)19(25)23-21(20(26)27)12-4-5-13-21/h15-17H,1-14H2,(H,22,24)(H,23,25)(H,26,27). The van der Waals surface area contributed by atoms with Gasteiger partial charge in [-0.25, -0.2) is 4.79 Å². The lowest BCUT2D eigenvalue weighted by Gasteiger charge is -2.32. The van der Waals surface area contributed by atoms with Gasteiger partial charge in [-0.05, 0) is 57.3 Å². The van der Waals surface area contributed by atoms with E-state index in [1.165, 1.54) is 32.1 Å². The minimum atomic E-state index is -1.05. The van der Waals surface area contributed by atoms with Crippen LogP contribution < -0.4 is 10.6 Å². The third-order valence-electron chi connectivity index (χ3n) is 6.89. The number of hydrogen-bond donors (Lipinski definition) is 3. The molecule has 0 aromatic heterocycles. The number of amides is 2. The summed E-state index contributed by atoms with van der Waals surface area (Å²) in [6.45, 7) is 0. The van der Waals surface area contributed by atoms with Crippen LogP contribution in [0.15, 0.2) is 0 Å². The zero-order chi connectivity index (χ0) is 19.3. The van der Waals surface area contributed by atoms with Crippen molar-refractivity contribution in [2.45, 2.75) is 101 Å². The number of hydrogen-bond acceptors (Lipinski definition) is 3. The lowest BCUT2D eigenvalue weighted by Crippen LogP contribution is -2.54. The predicted octanol–water partition coefficient (Wildman–Crippen LogP) is 3.15. The number of aliphatic carboxylic acids is 1. The maximum absolute atomic E-state index is 12.6. The Kier molecular flexibility index (Phi) is 6.77. The van der Waals surface area contributed by atoms with Crippen LogP contribution in [0.5, 0.6) is 0 Å². The molecule has 0 aromatic carbocycles. The van der Waals surface area contributed by atoms with Gasteiger partial charge in [-0.2, -0.15) is 0 Å². The van der Waals surface area contributed by atoms with E-state index in [0.29, 0.717) is 25.2 Å². The van der Waals surface area contributed by atoms with E-state index in [2.05, 4.69) is 10.6 Å². The highest BCUT2D eigenvalue weighted by atomic mass is 16.4. The normalized spacial score (nSPS) is 28.4. The third-order valence-corrected chi connectivity index (χ3v) is 6.89. The highest BCUT2D eigenvalue weighted by Gasteiger charge is 2.43. The Hall–Kier alpha value is -1.59. The van der Waals surface area contributed by atoms with E-state index in [9.17, 15) is 19.5 Å². The number of carboxylic acids is 1. The molecule has 2 amide bonds. The molecule has 3 saturated carbocycles. The second-order valence-electron chi connectivity index (χ2n) is 8.91. The highest BCUT2D eigenvalue weighted by molar-refractivity contribution is 5.88. The first-order chi connectivity index (χ1) is 13.0. The zero-order valence-electron chi connectivity index (χ0n) is 16.3. The Bertz CT molecular complexity index is 542. The Morgan fingerprint density at radius 1 is 0.852 bits per heavy atom. The monoisotopic (exact) mass is 378 g/mol. The molecule has 3 aliphatic carbocycles. The van der Waals surface area contributed by atoms with Crippen LogP contribution in [0.4, 0.5) is 0 Å². The van der Waals surface area contributed by atoms with E-state index in [-0.39, 0.29) is 23.8 Å². The summed E-state index contributed by atoms with van der Waals surface area (Å²) in [6, 6.07) is 0.157. The van der Waals surface area contributed by atoms with Crippen LogP contribution in [0.2, 0.25) is 0 Å². The Morgan fingerprint density at radius 3 is 2.07 bits per heavy atom. The van der Waals surface area contributed by atoms with Gasteiger partial charge in [0.05, 0.1) is 0 Å². The second-order valence-corrected chi connectivity index (χ2v) is 8.91. The fourth-order valence-corrected chi connectivity index (χ4v) is 5.15. The van der Waals surface area contributed by atoms with Crippen LogP contribution in [0, 0.1) is 11.8 Å². The summed E-state index contributed by atoms with van der Waals surface area (Å²) >= 11 is 0. The summed E-state index contributed by atoms with van der Waals surface area (Å²) in [5, 5.41) is 15.5. The van der Waals surface area contributed by atoms with Gasteiger partial charge in [0.15, 0.2) is 0 Å². The van der Waals surface area contributed by atoms with Crippen LogP contribution >= 0.6 is 0 Å². The van der Waals surface area contributed by atoms with Gasteiger partial charge in [0.25, 0.3) is 0 Å². The summed E-state index contributed by atoms with van der Waals surface area (Å²) < 4.78 is 0. The number of carbonyl (C=O) groups excluding carboxylic acids is 2. The van der Waals surface area contributed by atoms with Gasteiger partial charge in [0.1, 0.15) is 5.54 Å². The Morgan fingerprint density at radius 2 is 1.48 bits per heavy atom. The van der Waals surface area contributed by atoms with Gasteiger partial charge >= 0.3 is 5.97 Å². The molecule has 0 aliphatic heterocycles. The molecule has 6 nitrogen and oxygen atoms in total. The van der Waals surface area contributed by atoms with E-state index in [4.69, 9.17) is 0 Å². The van der Waals surface area contributed by atoms with Gasteiger partial charge in [-0.1, -0.05) is 32.1 Å². The molecule has 0 saturated heterocycles. The van der Waals surface area contributed by atoms with Crippen molar-refractivity contribution in [1.82, 2.24) is 10.6 Å². The van der Waals surface area contributed by atoms with Crippen LogP contribution in [0.25, 0.3) is 0 Å². The minimum Gasteiger partial charge on any atom is -0.480 e. The molecule has 27 heavy (non-hydrogen) atoms. The van der Waals surface area contributed by atoms with E-state index < -0.39 is 11.5 Å². The SMILES string of the molecule is O=C(CC1CCCCC1)NC1CCC(C(=O)NC2(C(=O)O)CCCC2)CC1. The zero-order valence-corrected chi connectivity index (χ0v) is 16.3. The summed E-state index contributed by atoms with van der Waals surface area (Å²) in [5.41, 5.74) is -1.05. The van der Waals surface area contributed by atoms with Crippen molar-refractivity contribution in [2.24, 2.45) is 11.8 Å². The van der Waals surface area contributed by atoms with Crippen molar-refractivity contribution in [1.29, 1.82) is 0 Å².